The second-order valence-electron chi connectivity index (χ2n) is 6.89. The molecule has 0 spiro atoms. The molecule has 128 valence electrons. The van der Waals surface area contributed by atoms with Crippen LogP contribution in [-0.2, 0) is 9.59 Å². The topological polar surface area (TPSA) is 46.6 Å². The Morgan fingerprint density at radius 1 is 1.00 bits per heavy atom. The Hall–Kier alpha value is -2.10. The quantitative estimate of drug-likeness (QED) is 0.465. The molecule has 24 heavy (non-hydrogen) atoms. The van der Waals surface area contributed by atoms with Crippen molar-refractivity contribution >= 4 is 17.5 Å². The molecule has 0 N–H and O–H groups in total. The summed E-state index contributed by atoms with van der Waals surface area (Å²) in [5.74, 6) is 0.272. The van der Waals surface area contributed by atoms with Gasteiger partial charge in [0.15, 0.2) is 0 Å². The number of carbonyl (C=O) groups is 2. The molecule has 4 nitrogen and oxygen atoms in total. The van der Waals surface area contributed by atoms with Crippen molar-refractivity contribution in [2.24, 2.45) is 11.8 Å². The van der Waals surface area contributed by atoms with Gasteiger partial charge in [0, 0.05) is 0 Å². The molecule has 1 aromatic rings. The number of ether oxygens (including phenoxy) is 1. The van der Waals surface area contributed by atoms with E-state index < -0.39 is 0 Å². The van der Waals surface area contributed by atoms with Gasteiger partial charge >= 0.3 is 0 Å². The SMILES string of the molecule is CCCCOc1ccc(N2C(=O)[C@H]3CC(C)=C(C)C[C@@H]3C2=O)cc1. The molecule has 2 amide bonds. The zero-order chi connectivity index (χ0) is 17.3. The van der Waals surface area contributed by atoms with Gasteiger partial charge in [0.1, 0.15) is 5.75 Å². The van der Waals surface area contributed by atoms with Crippen LogP contribution in [0.1, 0.15) is 46.5 Å². The van der Waals surface area contributed by atoms with Crippen LogP contribution in [0.4, 0.5) is 5.69 Å². The van der Waals surface area contributed by atoms with E-state index in [0.29, 0.717) is 25.1 Å². The van der Waals surface area contributed by atoms with Gasteiger partial charge in [-0.05, 0) is 57.4 Å². The second-order valence-corrected chi connectivity index (χ2v) is 6.89. The van der Waals surface area contributed by atoms with Gasteiger partial charge in [0.05, 0.1) is 24.1 Å². The highest BCUT2D eigenvalue weighted by atomic mass is 16.5. The largest absolute Gasteiger partial charge is 0.494 e. The van der Waals surface area contributed by atoms with Crippen LogP contribution in [0.3, 0.4) is 0 Å². The Kier molecular flexibility index (Phi) is 4.74. The predicted octanol–water partition coefficient (Wildman–Crippen LogP) is 4.10. The Morgan fingerprint density at radius 3 is 2.04 bits per heavy atom. The van der Waals surface area contributed by atoms with Crippen molar-refractivity contribution in [2.75, 3.05) is 11.5 Å². The summed E-state index contributed by atoms with van der Waals surface area (Å²) in [4.78, 5) is 26.9. The molecule has 2 aliphatic rings. The summed E-state index contributed by atoms with van der Waals surface area (Å²) < 4.78 is 5.65. The van der Waals surface area contributed by atoms with Gasteiger partial charge in [-0.2, -0.15) is 0 Å². The molecule has 1 fully saturated rings. The van der Waals surface area contributed by atoms with Gasteiger partial charge in [0.25, 0.3) is 0 Å². The van der Waals surface area contributed by atoms with Gasteiger partial charge in [-0.25, -0.2) is 0 Å². The number of allylic oxidation sites excluding steroid dienone is 2. The first-order chi connectivity index (χ1) is 11.5. The highest BCUT2D eigenvalue weighted by Crippen LogP contribution is 2.42. The first kappa shape index (κ1) is 16.7. The number of unbranched alkanes of at least 4 members (excludes halogenated alkanes) is 1. The Bertz CT molecular complexity index is 643. The van der Waals surface area contributed by atoms with Crippen LogP contribution >= 0.6 is 0 Å². The molecule has 0 saturated carbocycles. The van der Waals surface area contributed by atoms with E-state index in [1.54, 1.807) is 0 Å². The molecule has 3 rings (SSSR count). The number of rotatable bonds is 5. The third-order valence-corrected chi connectivity index (χ3v) is 5.20. The van der Waals surface area contributed by atoms with E-state index in [2.05, 4.69) is 20.8 Å². The third-order valence-electron chi connectivity index (χ3n) is 5.20. The van der Waals surface area contributed by atoms with Gasteiger partial charge in [-0.1, -0.05) is 24.5 Å². The normalized spacial score (nSPS) is 23.7. The predicted molar refractivity (Wildman–Crippen MR) is 93.9 cm³/mol. The lowest BCUT2D eigenvalue weighted by molar-refractivity contribution is -0.122. The van der Waals surface area contributed by atoms with E-state index in [9.17, 15) is 9.59 Å². The zero-order valence-electron chi connectivity index (χ0n) is 14.7. The van der Waals surface area contributed by atoms with Crippen molar-refractivity contribution in [3.8, 4) is 5.75 Å². The van der Waals surface area contributed by atoms with Crippen LogP contribution in [0.2, 0.25) is 0 Å². The fourth-order valence-electron chi connectivity index (χ4n) is 3.53. The molecule has 4 heteroatoms. The van der Waals surface area contributed by atoms with Crippen LogP contribution < -0.4 is 9.64 Å². The summed E-state index contributed by atoms with van der Waals surface area (Å²) in [6.45, 7) is 6.93. The van der Waals surface area contributed by atoms with Crippen molar-refractivity contribution in [3.05, 3.63) is 35.4 Å². The highest BCUT2D eigenvalue weighted by molar-refractivity contribution is 6.22. The fraction of sp³-hybridized carbons (Fsp3) is 0.500. The second kappa shape index (κ2) is 6.80. The van der Waals surface area contributed by atoms with Crippen molar-refractivity contribution in [2.45, 2.75) is 46.5 Å². The molecule has 1 aliphatic heterocycles. The minimum atomic E-state index is -0.193. The summed E-state index contributed by atoms with van der Waals surface area (Å²) in [5, 5.41) is 0. The summed E-state index contributed by atoms with van der Waals surface area (Å²) in [6, 6.07) is 7.29. The van der Waals surface area contributed by atoms with Crippen LogP contribution in [0, 0.1) is 11.8 Å². The average molecular weight is 327 g/mol. The summed E-state index contributed by atoms with van der Waals surface area (Å²) in [5.41, 5.74) is 3.15. The monoisotopic (exact) mass is 327 g/mol. The number of benzene rings is 1. The first-order valence-electron chi connectivity index (χ1n) is 8.78. The van der Waals surface area contributed by atoms with E-state index in [-0.39, 0.29) is 23.7 Å². The maximum Gasteiger partial charge on any atom is 0.238 e. The van der Waals surface area contributed by atoms with Gasteiger partial charge in [-0.3, -0.25) is 14.5 Å². The first-order valence-corrected chi connectivity index (χ1v) is 8.78. The molecule has 1 heterocycles. The Labute approximate surface area is 143 Å². The lowest BCUT2D eigenvalue weighted by Gasteiger charge is -2.23. The summed E-state index contributed by atoms with van der Waals surface area (Å²) >= 11 is 0. The molecular weight excluding hydrogens is 302 g/mol. The fourth-order valence-corrected chi connectivity index (χ4v) is 3.53. The maximum atomic E-state index is 12.7. The molecule has 1 aromatic carbocycles. The van der Waals surface area contributed by atoms with Crippen LogP contribution in [0.25, 0.3) is 0 Å². The van der Waals surface area contributed by atoms with Crippen molar-refractivity contribution in [1.29, 1.82) is 0 Å². The molecule has 0 unspecified atom stereocenters. The van der Waals surface area contributed by atoms with E-state index in [0.717, 1.165) is 18.6 Å². The number of carbonyl (C=O) groups excluding carboxylic acids is 2. The van der Waals surface area contributed by atoms with Crippen molar-refractivity contribution < 1.29 is 14.3 Å². The summed E-state index contributed by atoms with van der Waals surface area (Å²) in [6.07, 6.45) is 3.51. The highest BCUT2D eigenvalue weighted by Gasteiger charge is 2.49. The number of nitrogens with zero attached hydrogens (tertiary/aromatic N) is 1. The van der Waals surface area contributed by atoms with Crippen LogP contribution in [-0.4, -0.2) is 18.4 Å². The molecule has 0 radical (unpaired) electrons. The standard InChI is InChI=1S/C20H25NO3/c1-4-5-10-24-16-8-6-15(7-9-16)21-19(22)17-11-13(2)14(3)12-18(17)20(21)23/h6-9,17-18H,4-5,10-12H2,1-3H3/t17-,18-/m0/s1. The number of amides is 2. The molecule has 2 atom stereocenters. The lowest BCUT2D eigenvalue weighted by Crippen LogP contribution is -2.30. The molecule has 0 aromatic heterocycles. The Balaban J connectivity index is 1.76. The number of hydrogen-bond acceptors (Lipinski definition) is 3. The minimum Gasteiger partial charge on any atom is -0.494 e. The van der Waals surface area contributed by atoms with Gasteiger partial charge in [0.2, 0.25) is 11.8 Å². The van der Waals surface area contributed by atoms with E-state index >= 15 is 0 Å². The Morgan fingerprint density at radius 2 is 1.54 bits per heavy atom. The smallest absolute Gasteiger partial charge is 0.238 e. The molecular formula is C20H25NO3. The number of imide groups is 1. The number of anilines is 1. The number of hydrogen-bond donors (Lipinski definition) is 0. The average Bonchev–Trinajstić information content (AvgIpc) is 2.80. The molecule has 1 aliphatic carbocycles. The van der Waals surface area contributed by atoms with Crippen molar-refractivity contribution in [1.82, 2.24) is 0 Å². The van der Waals surface area contributed by atoms with Gasteiger partial charge < -0.3 is 4.74 Å². The third kappa shape index (κ3) is 2.97. The van der Waals surface area contributed by atoms with Crippen LogP contribution in [0.5, 0.6) is 5.75 Å². The number of fused-ring (bicyclic) bond motifs is 1. The van der Waals surface area contributed by atoms with E-state index in [1.807, 2.05) is 24.3 Å². The maximum absolute atomic E-state index is 12.7. The van der Waals surface area contributed by atoms with Gasteiger partial charge in [-0.15, -0.1) is 0 Å². The van der Waals surface area contributed by atoms with E-state index in [4.69, 9.17) is 4.74 Å². The minimum absolute atomic E-state index is 0.0588. The van der Waals surface area contributed by atoms with Crippen LogP contribution in [0.15, 0.2) is 35.4 Å². The van der Waals surface area contributed by atoms with Crippen molar-refractivity contribution in [3.63, 3.8) is 0 Å². The summed E-state index contributed by atoms with van der Waals surface area (Å²) in [7, 11) is 0. The molecule has 0 bridgehead atoms. The zero-order valence-corrected chi connectivity index (χ0v) is 14.7. The molecule has 1 saturated heterocycles. The lowest BCUT2D eigenvalue weighted by atomic mass is 9.78. The van der Waals surface area contributed by atoms with E-state index in [1.165, 1.54) is 16.0 Å².